The predicted molar refractivity (Wildman–Crippen MR) is 82.8 cm³/mol. The van der Waals surface area contributed by atoms with Gasteiger partial charge < -0.3 is 10.3 Å². The lowest BCUT2D eigenvalue weighted by Gasteiger charge is -2.01. The molecule has 1 amide bonds. The molecule has 0 bridgehead atoms. The van der Waals surface area contributed by atoms with Crippen molar-refractivity contribution in [3.8, 4) is 0 Å². The van der Waals surface area contributed by atoms with E-state index in [2.05, 4.69) is 31.2 Å². The van der Waals surface area contributed by atoms with Crippen molar-refractivity contribution in [2.24, 2.45) is 0 Å². The number of carbonyl (C=O) groups excluding carboxylic acids is 1. The van der Waals surface area contributed by atoms with Crippen LogP contribution in [-0.2, 0) is 0 Å². The molecule has 4 N–H and O–H groups in total. The zero-order valence-corrected chi connectivity index (χ0v) is 12.3. The quantitative estimate of drug-likeness (QED) is 0.433. The first kappa shape index (κ1) is 13.6. The second kappa shape index (κ2) is 5.55. The summed E-state index contributed by atoms with van der Waals surface area (Å²) in [5, 5.41) is 11.8. The van der Waals surface area contributed by atoms with Gasteiger partial charge in [-0.25, -0.2) is 10.5 Å². The molecular formula is C14H11BrN4O2. The summed E-state index contributed by atoms with van der Waals surface area (Å²) in [7, 11) is 0. The second-order valence-corrected chi connectivity index (χ2v) is 5.31. The lowest BCUT2D eigenvalue weighted by Crippen LogP contribution is -2.18. The van der Waals surface area contributed by atoms with E-state index in [1.165, 1.54) is 0 Å². The number of hydroxylamine groups is 1. The first-order valence-corrected chi connectivity index (χ1v) is 6.92. The van der Waals surface area contributed by atoms with Crippen LogP contribution in [0.1, 0.15) is 10.4 Å². The summed E-state index contributed by atoms with van der Waals surface area (Å²) in [5.41, 5.74) is 4.28. The molecule has 0 aliphatic heterocycles. The third kappa shape index (κ3) is 2.88. The number of imidazole rings is 1. The van der Waals surface area contributed by atoms with Crippen molar-refractivity contribution in [2.45, 2.75) is 0 Å². The predicted octanol–water partition coefficient (Wildman–Crippen LogP) is 3.19. The van der Waals surface area contributed by atoms with Crippen LogP contribution in [0.3, 0.4) is 0 Å². The lowest BCUT2D eigenvalue weighted by atomic mass is 10.2. The molecule has 3 aromatic rings. The molecule has 0 saturated carbocycles. The zero-order chi connectivity index (χ0) is 14.8. The van der Waals surface area contributed by atoms with Gasteiger partial charge >= 0.3 is 0 Å². The summed E-state index contributed by atoms with van der Waals surface area (Å²) in [6.07, 6.45) is 0. The van der Waals surface area contributed by atoms with E-state index in [1.54, 1.807) is 23.7 Å². The number of carbonyl (C=O) groups is 1. The summed E-state index contributed by atoms with van der Waals surface area (Å²) >= 11 is 3.38. The minimum atomic E-state index is -0.561. The Hall–Kier alpha value is -2.38. The maximum atomic E-state index is 11.4. The van der Waals surface area contributed by atoms with Gasteiger partial charge in [0.05, 0.1) is 11.0 Å². The van der Waals surface area contributed by atoms with E-state index in [0.29, 0.717) is 17.0 Å². The number of nitrogens with one attached hydrogen (secondary N) is 3. The number of halogens is 1. The number of benzene rings is 2. The number of anilines is 2. The lowest BCUT2D eigenvalue weighted by molar-refractivity contribution is 0.0706. The van der Waals surface area contributed by atoms with E-state index in [0.717, 1.165) is 15.7 Å². The molecule has 0 atom stereocenters. The summed E-state index contributed by atoms with van der Waals surface area (Å²) in [4.78, 5) is 18.8. The van der Waals surface area contributed by atoms with Crippen molar-refractivity contribution in [2.75, 3.05) is 5.32 Å². The molecule has 0 saturated heterocycles. The normalized spacial score (nSPS) is 10.6. The topological polar surface area (TPSA) is 90.0 Å². The van der Waals surface area contributed by atoms with Crippen molar-refractivity contribution in [3.63, 3.8) is 0 Å². The molecule has 2 aromatic carbocycles. The van der Waals surface area contributed by atoms with E-state index < -0.39 is 5.91 Å². The van der Waals surface area contributed by atoms with Crippen LogP contribution in [0.5, 0.6) is 0 Å². The highest BCUT2D eigenvalue weighted by atomic mass is 79.9. The Labute approximate surface area is 128 Å². The van der Waals surface area contributed by atoms with Crippen LogP contribution in [0.2, 0.25) is 0 Å². The molecule has 21 heavy (non-hydrogen) atoms. The maximum absolute atomic E-state index is 11.4. The van der Waals surface area contributed by atoms with Crippen LogP contribution in [0.15, 0.2) is 46.9 Å². The first-order valence-electron chi connectivity index (χ1n) is 6.12. The number of aromatic nitrogens is 2. The highest BCUT2D eigenvalue weighted by molar-refractivity contribution is 9.10. The highest BCUT2D eigenvalue weighted by Crippen LogP contribution is 2.21. The van der Waals surface area contributed by atoms with Crippen LogP contribution in [-0.4, -0.2) is 21.1 Å². The number of fused-ring (bicyclic) bond motifs is 1. The van der Waals surface area contributed by atoms with Crippen molar-refractivity contribution >= 4 is 44.5 Å². The van der Waals surface area contributed by atoms with Gasteiger partial charge in [-0.05, 0) is 42.5 Å². The number of rotatable bonds is 3. The highest BCUT2D eigenvalue weighted by Gasteiger charge is 2.08. The standard InChI is InChI=1S/C14H11BrN4O2/c15-9-2-4-10(5-3-9)16-14-17-11-6-1-8(13(20)19-21)7-12(11)18-14/h1-7,21H,(H,19,20)(H2,16,17,18). The van der Waals surface area contributed by atoms with Crippen LogP contribution in [0.25, 0.3) is 11.0 Å². The number of aromatic amines is 1. The first-order chi connectivity index (χ1) is 10.2. The fraction of sp³-hybridized carbons (Fsp3) is 0. The Morgan fingerprint density at radius 3 is 2.67 bits per heavy atom. The molecule has 6 nitrogen and oxygen atoms in total. The minimum Gasteiger partial charge on any atom is -0.326 e. The molecule has 1 aromatic heterocycles. The smallest absolute Gasteiger partial charge is 0.274 e. The fourth-order valence-electron chi connectivity index (χ4n) is 1.94. The number of amides is 1. The van der Waals surface area contributed by atoms with Gasteiger partial charge in [-0.1, -0.05) is 15.9 Å². The van der Waals surface area contributed by atoms with Gasteiger partial charge in [-0.15, -0.1) is 0 Å². The summed E-state index contributed by atoms with van der Waals surface area (Å²) in [5.74, 6) is 0.0165. The zero-order valence-electron chi connectivity index (χ0n) is 10.7. The summed E-state index contributed by atoms with van der Waals surface area (Å²) < 4.78 is 0.998. The maximum Gasteiger partial charge on any atom is 0.274 e. The number of H-pyrrole nitrogens is 1. The van der Waals surface area contributed by atoms with Gasteiger partial charge in [0.25, 0.3) is 5.91 Å². The van der Waals surface area contributed by atoms with Gasteiger partial charge in [0.2, 0.25) is 5.95 Å². The Balaban J connectivity index is 1.90. The number of nitrogens with zero attached hydrogens (tertiary/aromatic N) is 1. The van der Waals surface area contributed by atoms with Crippen molar-refractivity contribution in [3.05, 3.63) is 52.5 Å². The van der Waals surface area contributed by atoms with Crippen LogP contribution in [0.4, 0.5) is 11.6 Å². The molecule has 106 valence electrons. The van der Waals surface area contributed by atoms with E-state index in [-0.39, 0.29) is 0 Å². The third-order valence-electron chi connectivity index (χ3n) is 2.95. The Morgan fingerprint density at radius 1 is 1.19 bits per heavy atom. The SMILES string of the molecule is O=C(NO)c1ccc2nc(Nc3ccc(Br)cc3)[nH]c2c1. The monoisotopic (exact) mass is 346 g/mol. The molecule has 0 aliphatic rings. The molecule has 3 rings (SSSR count). The van der Waals surface area contributed by atoms with E-state index in [4.69, 9.17) is 5.21 Å². The second-order valence-electron chi connectivity index (χ2n) is 4.39. The van der Waals surface area contributed by atoms with Gasteiger partial charge in [-0.3, -0.25) is 10.0 Å². The average Bonchev–Trinajstić information content (AvgIpc) is 2.90. The van der Waals surface area contributed by atoms with E-state index >= 15 is 0 Å². The largest absolute Gasteiger partial charge is 0.326 e. The van der Waals surface area contributed by atoms with Crippen molar-refractivity contribution in [1.82, 2.24) is 15.4 Å². The van der Waals surface area contributed by atoms with Gasteiger partial charge in [0, 0.05) is 15.7 Å². The van der Waals surface area contributed by atoms with Crippen LogP contribution >= 0.6 is 15.9 Å². The van der Waals surface area contributed by atoms with Crippen molar-refractivity contribution in [1.29, 1.82) is 0 Å². The van der Waals surface area contributed by atoms with Gasteiger partial charge in [-0.2, -0.15) is 0 Å². The number of hydrogen-bond donors (Lipinski definition) is 4. The minimum absolute atomic E-state index is 0.351. The van der Waals surface area contributed by atoms with Gasteiger partial charge in [0.1, 0.15) is 0 Å². The molecule has 0 unspecified atom stereocenters. The van der Waals surface area contributed by atoms with Gasteiger partial charge in [0.15, 0.2) is 0 Å². The van der Waals surface area contributed by atoms with Crippen LogP contribution in [0, 0.1) is 0 Å². The molecule has 0 radical (unpaired) electrons. The molecule has 0 fully saturated rings. The Morgan fingerprint density at radius 2 is 1.95 bits per heavy atom. The molecule has 1 heterocycles. The number of hydrogen-bond acceptors (Lipinski definition) is 4. The molecule has 0 aliphatic carbocycles. The molecular weight excluding hydrogens is 336 g/mol. The Kier molecular flexibility index (Phi) is 3.59. The molecule has 7 heteroatoms. The summed E-state index contributed by atoms with van der Waals surface area (Å²) in [6, 6.07) is 12.6. The third-order valence-corrected chi connectivity index (χ3v) is 3.48. The summed E-state index contributed by atoms with van der Waals surface area (Å²) in [6.45, 7) is 0. The van der Waals surface area contributed by atoms with E-state index in [1.807, 2.05) is 24.3 Å². The van der Waals surface area contributed by atoms with Crippen LogP contribution < -0.4 is 10.8 Å². The molecule has 0 spiro atoms. The van der Waals surface area contributed by atoms with E-state index in [9.17, 15) is 4.79 Å². The average molecular weight is 347 g/mol. The fourth-order valence-corrected chi connectivity index (χ4v) is 2.21. The van der Waals surface area contributed by atoms with Crippen molar-refractivity contribution < 1.29 is 10.0 Å². The Bertz CT molecular complexity index is 798.